The Labute approximate surface area is 155 Å². The lowest BCUT2D eigenvalue weighted by Crippen LogP contribution is -2.44. The van der Waals surface area contributed by atoms with Crippen LogP contribution in [0, 0.1) is 18.8 Å². The average molecular weight is 352 g/mol. The molecule has 26 heavy (non-hydrogen) atoms. The molecule has 138 valence electrons. The fourth-order valence-corrected chi connectivity index (χ4v) is 3.92. The number of nitrogens with zero attached hydrogens (tertiary/aromatic N) is 1. The zero-order valence-corrected chi connectivity index (χ0v) is 15.9. The number of nitrogens with one attached hydrogen (secondary N) is 1. The number of aryl methyl sites for hydroxylation is 1. The Morgan fingerprint density at radius 2 is 1.88 bits per heavy atom. The predicted octanol–water partition coefficient (Wildman–Crippen LogP) is 3.97. The molecular formula is C22H28N2O2. The van der Waals surface area contributed by atoms with Gasteiger partial charge in [-0.25, -0.2) is 0 Å². The van der Waals surface area contributed by atoms with Crippen molar-refractivity contribution in [3.63, 3.8) is 0 Å². The van der Waals surface area contributed by atoms with Crippen LogP contribution >= 0.6 is 0 Å². The highest BCUT2D eigenvalue weighted by Crippen LogP contribution is 2.29. The van der Waals surface area contributed by atoms with E-state index in [1.165, 1.54) is 6.42 Å². The molecule has 4 nitrogen and oxygen atoms in total. The molecule has 0 saturated heterocycles. The van der Waals surface area contributed by atoms with Crippen molar-refractivity contribution in [2.45, 2.75) is 52.6 Å². The monoisotopic (exact) mass is 352 g/mol. The third-order valence-corrected chi connectivity index (χ3v) is 5.82. The van der Waals surface area contributed by atoms with Crippen molar-refractivity contribution < 1.29 is 9.59 Å². The third kappa shape index (κ3) is 3.90. The summed E-state index contributed by atoms with van der Waals surface area (Å²) >= 11 is 0. The number of aromatic nitrogens is 1. The number of rotatable bonds is 5. The molecule has 2 aromatic rings. The molecule has 1 fully saturated rings. The second-order valence-electron chi connectivity index (χ2n) is 7.61. The first kappa shape index (κ1) is 18.4. The van der Waals surface area contributed by atoms with E-state index in [0.29, 0.717) is 23.1 Å². The van der Waals surface area contributed by atoms with Crippen LogP contribution in [0.4, 0.5) is 0 Å². The summed E-state index contributed by atoms with van der Waals surface area (Å²) in [7, 11) is 0. The molecule has 0 bridgehead atoms. The van der Waals surface area contributed by atoms with E-state index in [-0.39, 0.29) is 24.3 Å². The molecule has 3 rings (SSSR count). The molecule has 1 saturated carbocycles. The molecule has 0 unspecified atom stereocenters. The van der Waals surface area contributed by atoms with E-state index in [2.05, 4.69) is 19.2 Å². The van der Waals surface area contributed by atoms with Gasteiger partial charge in [0.05, 0.1) is 5.69 Å². The lowest BCUT2D eigenvalue weighted by molar-refractivity contribution is -0.123. The second-order valence-corrected chi connectivity index (χ2v) is 7.61. The number of benzene rings is 1. The molecule has 1 N–H and O–H groups in total. The third-order valence-electron chi connectivity index (χ3n) is 5.82. The largest absolute Gasteiger partial charge is 0.352 e. The Hall–Kier alpha value is -2.36. The fraction of sp³-hybridized carbons (Fsp3) is 0.455. The van der Waals surface area contributed by atoms with Crippen LogP contribution in [0.15, 0.2) is 42.6 Å². The lowest BCUT2D eigenvalue weighted by atomic mass is 9.78. The van der Waals surface area contributed by atoms with Gasteiger partial charge in [0.25, 0.3) is 0 Å². The Morgan fingerprint density at radius 3 is 2.65 bits per heavy atom. The highest BCUT2D eigenvalue weighted by atomic mass is 16.2. The average Bonchev–Trinajstić information content (AvgIpc) is 3.07. The smallest absolute Gasteiger partial charge is 0.240 e. The minimum absolute atomic E-state index is 0.0222. The maximum absolute atomic E-state index is 12.9. The van der Waals surface area contributed by atoms with Gasteiger partial charge in [-0.15, -0.1) is 0 Å². The molecule has 1 amide bonds. The number of hydrogen-bond acceptors (Lipinski definition) is 2. The maximum Gasteiger partial charge on any atom is 0.240 e. The van der Waals surface area contributed by atoms with E-state index < -0.39 is 0 Å². The van der Waals surface area contributed by atoms with Crippen molar-refractivity contribution in [1.29, 1.82) is 0 Å². The van der Waals surface area contributed by atoms with E-state index in [1.54, 1.807) is 16.8 Å². The number of carbonyl (C=O) groups is 2. The van der Waals surface area contributed by atoms with Crippen molar-refractivity contribution in [1.82, 2.24) is 9.88 Å². The van der Waals surface area contributed by atoms with E-state index >= 15 is 0 Å². The van der Waals surface area contributed by atoms with E-state index in [9.17, 15) is 9.59 Å². The standard InChI is InChI=1S/C22H28N2O2/c1-15-9-6-11-19(17(15)3)23-21(25)14-24-13-7-12-20(24)22(26)18-10-5-4-8-16(18)2/h4-5,7-8,10,12-13,15,17,19H,6,9,11,14H2,1-3H3,(H,23,25)/t15-,17+,19-/m1/s1. The van der Waals surface area contributed by atoms with Crippen molar-refractivity contribution in [3.05, 3.63) is 59.4 Å². The molecule has 1 heterocycles. The summed E-state index contributed by atoms with van der Waals surface area (Å²) in [4.78, 5) is 25.4. The maximum atomic E-state index is 12.9. The highest BCUT2D eigenvalue weighted by molar-refractivity contribution is 6.09. The van der Waals surface area contributed by atoms with Crippen LogP contribution in [-0.4, -0.2) is 22.3 Å². The molecule has 4 heteroatoms. The predicted molar refractivity (Wildman–Crippen MR) is 103 cm³/mol. The van der Waals surface area contributed by atoms with Gasteiger partial charge in [-0.05, 0) is 42.9 Å². The van der Waals surface area contributed by atoms with Gasteiger partial charge in [0, 0.05) is 17.8 Å². The Kier molecular flexibility index (Phi) is 5.60. The van der Waals surface area contributed by atoms with Gasteiger partial charge in [-0.3, -0.25) is 9.59 Å². The summed E-state index contributed by atoms with van der Waals surface area (Å²) in [6.45, 7) is 6.59. The van der Waals surface area contributed by atoms with Crippen LogP contribution in [-0.2, 0) is 11.3 Å². The first-order chi connectivity index (χ1) is 12.5. The van der Waals surface area contributed by atoms with Crippen molar-refractivity contribution >= 4 is 11.7 Å². The summed E-state index contributed by atoms with van der Waals surface area (Å²) in [5.74, 6) is 1.07. The molecular weight excluding hydrogens is 324 g/mol. The number of ketones is 1. The highest BCUT2D eigenvalue weighted by Gasteiger charge is 2.28. The van der Waals surface area contributed by atoms with E-state index in [0.717, 1.165) is 18.4 Å². The van der Waals surface area contributed by atoms with Crippen LogP contribution in [0.1, 0.15) is 54.7 Å². The molecule has 1 aromatic heterocycles. The summed E-state index contributed by atoms with van der Waals surface area (Å²) in [6, 6.07) is 11.4. The fourth-order valence-electron chi connectivity index (χ4n) is 3.92. The molecule has 1 aliphatic carbocycles. The minimum Gasteiger partial charge on any atom is -0.352 e. The van der Waals surface area contributed by atoms with Crippen molar-refractivity contribution in [2.75, 3.05) is 0 Å². The summed E-state index contributed by atoms with van der Waals surface area (Å²) in [6.07, 6.45) is 5.24. The van der Waals surface area contributed by atoms with Crippen LogP contribution in [0.25, 0.3) is 0 Å². The van der Waals surface area contributed by atoms with Crippen molar-refractivity contribution in [3.8, 4) is 0 Å². The Balaban J connectivity index is 1.70. The zero-order chi connectivity index (χ0) is 18.7. The van der Waals surface area contributed by atoms with Crippen LogP contribution in [0.5, 0.6) is 0 Å². The second kappa shape index (κ2) is 7.90. The van der Waals surface area contributed by atoms with Gasteiger partial charge in [0.1, 0.15) is 6.54 Å². The van der Waals surface area contributed by atoms with Crippen LogP contribution in [0.2, 0.25) is 0 Å². The van der Waals surface area contributed by atoms with Gasteiger partial charge in [0.15, 0.2) is 0 Å². The van der Waals surface area contributed by atoms with Gasteiger partial charge in [-0.2, -0.15) is 0 Å². The summed E-state index contributed by atoms with van der Waals surface area (Å²) in [5, 5.41) is 3.18. The van der Waals surface area contributed by atoms with Crippen LogP contribution in [0.3, 0.4) is 0 Å². The first-order valence-corrected chi connectivity index (χ1v) is 9.52. The summed E-state index contributed by atoms with van der Waals surface area (Å²) in [5.41, 5.74) is 2.18. The van der Waals surface area contributed by atoms with E-state index in [4.69, 9.17) is 0 Å². The molecule has 3 atom stereocenters. The van der Waals surface area contributed by atoms with Gasteiger partial charge in [0.2, 0.25) is 11.7 Å². The van der Waals surface area contributed by atoms with Gasteiger partial charge >= 0.3 is 0 Å². The normalized spacial score (nSPS) is 22.8. The van der Waals surface area contributed by atoms with Gasteiger partial charge < -0.3 is 9.88 Å². The lowest BCUT2D eigenvalue weighted by Gasteiger charge is -2.34. The van der Waals surface area contributed by atoms with Gasteiger partial charge in [-0.1, -0.05) is 51.0 Å². The topological polar surface area (TPSA) is 51.1 Å². The Bertz CT molecular complexity index is 793. The number of amides is 1. The Morgan fingerprint density at radius 1 is 1.12 bits per heavy atom. The molecule has 1 aliphatic rings. The number of hydrogen-bond donors (Lipinski definition) is 1. The minimum atomic E-state index is -0.0412. The number of carbonyl (C=O) groups excluding carboxylic acids is 2. The van der Waals surface area contributed by atoms with Crippen LogP contribution < -0.4 is 5.32 Å². The molecule has 1 aromatic carbocycles. The zero-order valence-electron chi connectivity index (χ0n) is 15.9. The first-order valence-electron chi connectivity index (χ1n) is 9.52. The quantitative estimate of drug-likeness (QED) is 0.828. The molecule has 0 spiro atoms. The summed E-state index contributed by atoms with van der Waals surface area (Å²) < 4.78 is 1.75. The van der Waals surface area contributed by atoms with Crippen molar-refractivity contribution in [2.24, 2.45) is 11.8 Å². The SMILES string of the molecule is Cc1ccccc1C(=O)c1cccn1CC(=O)N[C@@H]1CCC[C@@H](C)[C@@H]1C. The molecule has 0 aliphatic heterocycles. The van der Waals surface area contributed by atoms with E-state index in [1.807, 2.05) is 37.3 Å². The molecule has 0 radical (unpaired) electrons.